The minimum Gasteiger partial charge on any atom is -0.374 e. The van der Waals surface area contributed by atoms with Gasteiger partial charge in [-0.1, -0.05) is 12.1 Å². The number of anilines is 1. The summed E-state index contributed by atoms with van der Waals surface area (Å²) in [5, 5.41) is 2.32. The van der Waals surface area contributed by atoms with Crippen LogP contribution in [0.4, 0.5) is 18.9 Å². The van der Waals surface area contributed by atoms with Gasteiger partial charge in [-0.3, -0.25) is 0 Å². The predicted molar refractivity (Wildman–Crippen MR) is 61.3 cm³/mol. The standard InChI is InChI=1S/C12H15F3N2/c1-16-11(12(13,14)15)9-3-4-10-8(7-9)5-6-17(10)2/h3-4,7,11,16H,5-6H2,1-2H3. The minimum absolute atomic E-state index is 0.286. The van der Waals surface area contributed by atoms with Crippen LogP contribution in [0.25, 0.3) is 0 Å². The molecule has 2 rings (SSSR count). The maximum absolute atomic E-state index is 12.8. The summed E-state index contributed by atoms with van der Waals surface area (Å²) in [5.74, 6) is 0. The van der Waals surface area contributed by atoms with E-state index in [1.807, 2.05) is 7.05 Å². The number of halogens is 3. The van der Waals surface area contributed by atoms with Crippen molar-refractivity contribution in [3.05, 3.63) is 29.3 Å². The summed E-state index contributed by atoms with van der Waals surface area (Å²) in [6, 6.07) is 3.40. The molecule has 0 saturated carbocycles. The normalized spacial score (nSPS) is 17.1. The third-order valence-electron chi connectivity index (χ3n) is 3.18. The van der Waals surface area contributed by atoms with Gasteiger partial charge in [-0.15, -0.1) is 0 Å². The zero-order chi connectivity index (χ0) is 12.6. The summed E-state index contributed by atoms with van der Waals surface area (Å²) in [4.78, 5) is 2.06. The largest absolute Gasteiger partial charge is 0.407 e. The van der Waals surface area contributed by atoms with Crippen LogP contribution in [0.1, 0.15) is 17.2 Å². The fourth-order valence-electron chi connectivity index (χ4n) is 2.29. The molecule has 1 unspecified atom stereocenters. The Bertz CT molecular complexity index is 415. The SMILES string of the molecule is CNC(c1ccc2c(c1)CCN2C)C(F)(F)F. The average molecular weight is 244 g/mol. The van der Waals surface area contributed by atoms with E-state index in [1.54, 1.807) is 18.2 Å². The Kier molecular flexibility index (Phi) is 3.03. The van der Waals surface area contributed by atoms with Gasteiger partial charge in [0.1, 0.15) is 6.04 Å². The molecule has 1 N–H and O–H groups in total. The summed E-state index contributed by atoms with van der Waals surface area (Å²) in [7, 11) is 3.28. The first-order valence-electron chi connectivity index (χ1n) is 5.51. The average Bonchev–Trinajstić information content (AvgIpc) is 2.59. The summed E-state index contributed by atoms with van der Waals surface area (Å²) in [5.41, 5.74) is 2.31. The molecule has 0 radical (unpaired) electrons. The lowest BCUT2D eigenvalue weighted by molar-refractivity contribution is -0.156. The number of hydrogen-bond donors (Lipinski definition) is 1. The topological polar surface area (TPSA) is 15.3 Å². The second kappa shape index (κ2) is 4.22. The summed E-state index contributed by atoms with van der Waals surface area (Å²) in [6.45, 7) is 0.870. The van der Waals surface area contributed by atoms with Crippen LogP contribution < -0.4 is 10.2 Å². The summed E-state index contributed by atoms with van der Waals surface area (Å²) < 4.78 is 38.3. The minimum atomic E-state index is -4.26. The van der Waals surface area contributed by atoms with Gasteiger partial charge in [-0.2, -0.15) is 13.2 Å². The molecular formula is C12H15F3N2. The number of nitrogens with zero attached hydrogens (tertiary/aromatic N) is 1. The number of hydrogen-bond acceptors (Lipinski definition) is 2. The first-order valence-corrected chi connectivity index (χ1v) is 5.51. The van der Waals surface area contributed by atoms with Crippen molar-refractivity contribution in [1.29, 1.82) is 0 Å². The highest BCUT2D eigenvalue weighted by Gasteiger charge is 2.40. The van der Waals surface area contributed by atoms with Gasteiger partial charge in [0.15, 0.2) is 0 Å². The van der Waals surface area contributed by atoms with Crippen molar-refractivity contribution < 1.29 is 13.2 Å². The Balaban J connectivity index is 2.35. The van der Waals surface area contributed by atoms with E-state index < -0.39 is 12.2 Å². The molecule has 0 saturated heterocycles. The van der Waals surface area contributed by atoms with Crippen molar-refractivity contribution >= 4 is 5.69 Å². The van der Waals surface area contributed by atoms with Gasteiger partial charge in [-0.05, 0) is 30.7 Å². The highest BCUT2D eigenvalue weighted by molar-refractivity contribution is 5.58. The van der Waals surface area contributed by atoms with E-state index in [2.05, 4.69) is 10.2 Å². The van der Waals surface area contributed by atoms with E-state index >= 15 is 0 Å². The van der Waals surface area contributed by atoms with E-state index in [-0.39, 0.29) is 5.56 Å². The number of fused-ring (bicyclic) bond motifs is 1. The Hall–Kier alpha value is -1.23. The lowest BCUT2D eigenvalue weighted by Crippen LogP contribution is -2.31. The molecule has 2 nitrogen and oxygen atoms in total. The maximum Gasteiger partial charge on any atom is 0.407 e. The van der Waals surface area contributed by atoms with Gasteiger partial charge < -0.3 is 10.2 Å². The van der Waals surface area contributed by atoms with Crippen molar-refractivity contribution in [2.75, 3.05) is 25.5 Å². The Morgan fingerprint density at radius 1 is 1.35 bits per heavy atom. The monoisotopic (exact) mass is 244 g/mol. The summed E-state index contributed by atoms with van der Waals surface area (Å²) in [6.07, 6.45) is -3.44. The molecule has 1 heterocycles. The number of rotatable bonds is 2. The maximum atomic E-state index is 12.8. The van der Waals surface area contributed by atoms with Gasteiger partial charge in [-0.25, -0.2) is 0 Å². The van der Waals surface area contributed by atoms with Gasteiger partial charge in [0, 0.05) is 19.3 Å². The Labute approximate surface area is 98.4 Å². The first-order chi connectivity index (χ1) is 7.93. The van der Waals surface area contributed by atoms with Gasteiger partial charge in [0.25, 0.3) is 0 Å². The van der Waals surface area contributed by atoms with Crippen molar-refractivity contribution in [1.82, 2.24) is 5.32 Å². The van der Waals surface area contributed by atoms with E-state index in [1.165, 1.54) is 7.05 Å². The van der Waals surface area contributed by atoms with Crippen molar-refractivity contribution in [2.24, 2.45) is 0 Å². The smallest absolute Gasteiger partial charge is 0.374 e. The van der Waals surface area contributed by atoms with Crippen LogP contribution in [0.15, 0.2) is 18.2 Å². The first kappa shape index (κ1) is 12.2. The van der Waals surface area contributed by atoms with Crippen LogP contribution in [0.5, 0.6) is 0 Å². The lowest BCUT2D eigenvalue weighted by Gasteiger charge is -2.21. The number of alkyl halides is 3. The zero-order valence-corrected chi connectivity index (χ0v) is 9.80. The van der Waals surface area contributed by atoms with Crippen LogP contribution in [0.2, 0.25) is 0 Å². The zero-order valence-electron chi connectivity index (χ0n) is 9.80. The van der Waals surface area contributed by atoms with Crippen LogP contribution in [0, 0.1) is 0 Å². The second-order valence-electron chi connectivity index (χ2n) is 4.32. The predicted octanol–water partition coefficient (Wildman–Crippen LogP) is 2.50. The molecule has 1 aromatic carbocycles. The van der Waals surface area contributed by atoms with E-state index in [0.717, 1.165) is 24.2 Å². The van der Waals surface area contributed by atoms with E-state index in [4.69, 9.17) is 0 Å². The van der Waals surface area contributed by atoms with Crippen molar-refractivity contribution in [3.63, 3.8) is 0 Å². The fourth-order valence-corrected chi connectivity index (χ4v) is 2.29. The fraction of sp³-hybridized carbons (Fsp3) is 0.500. The molecule has 0 aliphatic carbocycles. The molecular weight excluding hydrogens is 229 g/mol. The Morgan fingerprint density at radius 2 is 2.06 bits per heavy atom. The quantitative estimate of drug-likeness (QED) is 0.860. The molecule has 1 atom stereocenters. The molecule has 17 heavy (non-hydrogen) atoms. The number of nitrogens with one attached hydrogen (secondary N) is 1. The molecule has 1 aromatic rings. The molecule has 0 fully saturated rings. The summed E-state index contributed by atoms with van der Waals surface area (Å²) >= 11 is 0. The van der Waals surface area contributed by atoms with Gasteiger partial charge >= 0.3 is 6.18 Å². The molecule has 5 heteroatoms. The van der Waals surface area contributed by atoms with Crippen LogP contribution in [0.3, 0.4) is 0 Å². The number of likely N-dealkylation sites (N-methyl/N-ethyl adjacent to an activating group) is 1. The van der Waals surface area contributed by atoms with E-state index in [0.29, 0.717) is 0 Å². The second-order valence-corrected chi connectivity index (χ2v) is 4.32. The molecule has 0 bridgehead atoms. The Morgan fingerprint density at radius 3 is 2.65 bits per heavy atom. The lowest BCUT2D eigenvalue weighted by atomic mass is 10.0. The van der Waals surface area contributed by atoms with E-state index in [9.17, 15) is 13.2 Å². The molecule has 0 aromatic heterocycles. The third kappa shape index (κ3) is 2.24. The molecule has 94 valence electrons. The highest BCUT2D eigenvalue weighted by Crippen LogP contribution is 2.35. The van der Waals surface area contributed by atoms with Crippen LogP contribution >= 0.6 is 0 Å². The highest BCUT2D eigenvalue weighted by atomic mass is 19.4. The van der Waals surface area contributed by atoms with Crippen molar-refractivity contribution in [2.45, 2.75) is 18.6 Å². The van der Waals surface area contributed by atoms with Gasteiger partial charge in [0.05, 0.1) is 0 Å². The van der Waals surface area contributed by atoms with Crippen LogP contribution in [-0.2, 0) is 6.42 Å². The third-order valence-corrected chi connectivity index (χ3v) is 3.18. The molecule has 0 amide bonds. The molecule has 1 aliphatic heterocycles. The van der Waals surface area contributed by atoms with Gasteiger partial charge in [0.2, 0.25) is 0 Å². The molecule has 0 spiro atoms. The van der Waals surface area contributed by atoms with Crippen LogP contribution in [-0.4, -0.2) is 26.8 Å². The number of benzene rings is 1. The van der Waals surface area contributed by atoms with Crippen molar-refractivity contribution in [3.8, 4) is 0 Å². The molecule has 1 aliphatic rings.